The number of carbonyl (C=O) groups excluding carboxylic acids is 1. The van der Waals surface area contributed by atoms with Crippen molar-refractivity contribution in [3.05, 3.63) is 47.0 Å². The molecule has 1 aromatic carbocycles. The summed E-state index contributed by atoms with van der Waals surface area (Å²) in [5.41, 5.74) is 5.33. The van der Waals surface area contributed by atoms with E-state index in [0.29, 0.717) is 25.4 Å². The standard InChI is InChI=1S/C24H33N5O/c1-17-20(18(2)28(4)26-17)15-29(24(30)14-19-10-6-5-7-11-19)16-23-25-21-12-8-9-13-22(21)27(23)3/h8-9,12-13,19H,5-7,10-11,14-16H2,1-4H3. The fraction of sp³-hybridized carbons (Fsp3) is 0.542. The Hall–Kier alpha value is -2.63. The van der Waals surface area contributed by atoms with Crippen molar-refractivity contribution in [2.75, 3.05) is 0 Å². The average Bonchev–Trinajstić information content (AvgIpc) is 3.18. The maximum absolute atomic E-state index is 13.4. The lowest BCUT2D eigenvalue weighted by Gasteiger charge is -2.27. The van der Waals surface area contributed by atoms with Gasteiger partial charge in [0, 0.05) is 38.3 Å². The summed E-state index contributed by atoms with van der Waals surface area (Å²) < 4.78 is 4.02. The minimum absolute atomic E-state index is 0.233. The lowest BCUT2D eigenvalue weighted by Crippen LogP contribution is -2.33. The molecule has 2 aromatic heterocycles. The van der Waals surface area contributed by atoms with Crippen molar-refractivity contribution < 1.29 is 4.79 Å². The second-order valence-electron chi connectivity index (χ2n) is 8.81. The Morgan fingerprint density at radius 3 is 2.50 bits per heavy atom. The van der Waals surface area contributed by atoms with E-state index in [4.69, 9.17) is 4.98 Å². The highest BCUT2D eigenvalue weighted by Crippen LogP contribution is 2.28. The van der Waals surface area contributed by atoms with Gasteiger partial charge in [-0.05, 0) is 44.7 Å². The minimum Gasteiger partial charge on any atom is -0.331 e. The predicted molar refractivity (Wildman–Crippen MR) is 119 cm³/mol. The molecule has 6 nitrogen and oxygen atoms in total. The first-order valence-corrected chi connectivity index (χ1v) is 11.1. The van der Waals surface area contributed by atoms with E-state index in [1.54, 1.807) is 0 Å². The zero-order valence-corrected chi connectivity index (χ0v) is 18.7. The van der Waals surface area contributed by atoms with E-state index in [0.717, 1.165) is 33.8 Å². The predicted octanol–water partition coefficient (Wildman–Crippen LogP) is 4.42. The molecule has 1 saturated carbocycles. The number of nitrogens with zero attached hydrogens (tertiary/aromatic N) is 5. The molecule has 0 bridgehead atoms. The van der Waals surface area contributed by atoms with Crippen LogP contribution in [-0.4, -0.2) is 30.1 Å². The Bertz CT molecular complexity index is 1040. The van der Waals surface area contributed by atoms with Crippen LogP contribution in [0.25, 0.3) is 11.0 Å². The van der Waals surface area contributed by atoms with Crippen LogP contribution in [0.4, 0.5) is 0 Å². The van der Waals surface area contributed by atoms with E-state index >= 15 is 0 Å². The van der Waals surface area contributed by atoms with Crippen molar-refractivity contribution in [2.45, 2.75) is 65.5 Å². The molecule has 0 atom stereocenters. The first-order valence-electron chi connectivity index (χ1n) is 11.1. The van der Waals surface area contributed by atoms with Crippen molar-refractivity contribution in [3.8, 4) is 0 Å². The quantitative estimate of drug-likeness (QED) is 0.608. The molecule has 1 aliphatic rings. The molecule has 30 heavy (non-hydrogen) atoms. The molecule has 6 heteroatoms. The molecule has 0 radical (unpaired) electrons. The Morgan fingerprint density at radius 1 is 1.10 bits per heavy atom. The number of benzene rings is 1. The van der Waals surface area contributed by atoms with Crippen LogP contribution in [0.2, 0.25) is 0 Å². The normalized spacial score (nSPS) is 15.1. The molecule has 1 amide bonds. The van der Waals surface area contributed by atoms with Crippen LogP contribution < -0.4 is 0 Å². The lowest BCUT2D eigenvalue weighted by atomic mass is 9.86. The highest BCUT2D eigenvalue weighted by molar-refractivity contribution is 5.78. The van der Waals surface area contributed by atoms with Crippen molar-refractivity contribution >= 4 is 16.9 Å². The Kier molecular flexibility index (Phi) is 5.93. The first-order chi connectivity index (χ1) is 14.4. The maximum atomic E-state index is 13.4. The highest BCUT2D eigenvalue weighted by Gasteiger charge is 2.24. The number of rotatable bonds is 6. The van der Waals surface area contributed by atoms with Gasteiger partial charge in [0.1, 0.15) is 5.82 Å². The molecule has 0 unspecified atom stereocenters. The van der Waals surface area contributed by atoms with Crippen molar-refractivity contribution in [2.24, 2.45) is 20.0 Å². The van der Waals surface area contributed by atoms with E-state index in [1.165, 1.54) is 32.1 Å². The number of aryl methyl sites for hydroxylation is 3. The van der Waals surface area contributed by atoms with E-state index in [9.17, 15) is 4.79 Å². The average molecular weight is 408 g/mol. The molecule has 1 aliphatic carbocycles. The molecule has 3 aromatic rings. The van der Waals surface area contributed by atoms with Gasteiger partial charge in [-0.15, -0.1) is 0 Å². The Balaban J connectivity index is 1.61. The van der Waals surface area contributed by atoms with Crippen LogP contribution >= 0.6 is 0 Å². The van der Waals surface area contributed by atoms with E-state index < -0.39 is 0 Å². The molecule has 4 rings (SSSR count). The summed E-state index contributed by atoms with van der Waals surface area (Å²) in [5, 5.41) is 4.56. The van der Waals surface area contributed by atoms with Crippen LogP contribution in [0.1, 0.15) is 61.3 Å². The van der Waals surface area contributed by atoms with Crippen LogP contribution in [0.3, 0.4) is 0 Å². The van der Waals surface area contributed by atoms with E-state index in [2.05, 4.69) is 22.7 Å². The number of hydrogen-bond donors (Lipinski definition) is 0. The highest BCUT2D eigenvalue weighted by atomic mass is 16.2. The number of para-hydroxylation sites is 2. The Morgan fingerprint density at radius 2 is 1.83 bits per heavy atom. The summed E-state index contributed by atoms with van der Waals surface area (Å²) in [5.74, 6) is 1.68. The topological polar surface area (TPSA) is 56.0 Å². The van der Waals surface area contributed by atoms with Gasteiger partial charge in [-0.3, -0.25) is 9.48 Å². The minimum atomic E-state index is 0.233. The van der Waals surface area contributed by atoms with Gasteiger partial charge in [-0.2, -0.15) is 5.10 Å². The van der Waals surface area contributed by atoms with Crippen molar-refractivity contribution in [1.82, 2.24) is 24.2 Å². The van der Waals surface area contributed by atoms with Crippen LogP contribution in [0, 0.1) is 19.8 Å². The molecule has 0 spiro atoms. The van der Waals surface area contributed by atoms with Gasteiger partial charge in [0.05, 0.1) is 23.3 Å². The first kappa shape index (κ1) is 20.6. The maximum Gasteiger partial charge on any atom is 0.223 e. The smallest absolute Gasteiger partial charge is 0.223 e. The van der Waals surface area contributed by atoms with Gasteiger partial charge in [0.2, 0.25) is 5.91 Å². The number of amides is 1. The van der Waals surface area contributed by atoms with Crippen molar-refractivity contribution in [1.29, 1.82) is 0 Å². The number of hydrogen-bond acceptors (Lipinski definition) is 3. The van der Waals surface area contributed by atoms with E-state index in [1.807, 2.05) is 48.8 Å². The Labute approximate surface area is 178 Å². The SMILES string of the molecule is Cc1nn(C)c(C)c1CN(Cc1nc2ccccc2n1C)C(=O)CC1CCCCC1. The van der Waals surface area contributed by atoms with Crippen LogP contribution in [-0.2, 0) is 32.0 Å². The lowest BCUT2D eigenvalue weighted by molar-refractivity contribution is -0.133. The summed E-state index contributed by atoms with van der Waals surface area (Å²) >= 11 is 0. The molecule has 0 aliphatic heterocycles. The molecular formula is C24H33N5O. The fourth-order valence-electron chi connectivity index (χ4n) is 4.74. The number of imidazole rings is 1. The monoisotopic (exact) mass is 407 g/mol. The van der Waals surface area contributed by atoms with Gasteiger partial charge in [0.25, 0.3) is 0 Å². The molecule has 2 heterocycles. The molecule has 160 valence electrons. The van der Waals surface area contributed by atoms with Crippen LogP contribution in [0.5, 0.6) is 0 Å². The number of carbonyl (C=O) groups is 1. The largest absolute Gasteiger partial charge is 0.331 e. The summed E-state index contributed by atoms with van der Waals surface area (Å²) in [6.07, 6.45) is 6.81. The summed E-state index contributed by atoms with van der Waals surface area (Å²) in [4.78, 5) is 20.3. The third-order valence-electron chi connectivity index (χ3n) is 6.76. The zero-order valence-electron chi connectivity index (χ0n) is 18.7. The zero-order chi connectivity index (χ0) is 21.3. The van der Waals surface area contributed by atoms with Gasteiger partial charge in [-0.25, -0.2) is 4.98 Å². The summed E-state index contributed by atoms with van der Waals surface area (Å²) in [7, 11) is 4.00. The molecule has 0 saturated heterocycles. The van der Waals surface area contributed by atoms with Crippen molar-refractivity contribution in [3.63, 3.8) is 0 Å². The molecule has 1 fully saturated rings. The van der Waals surface area contributed by atoms with Gasteiger partial charge < -0.3 is 9.47 Å². The van der Waals surface area contributed by atoms with Gasteiger partial charge >= 0.3 is 0 Å². The van der Waals surface area contributed by atoms with E-state index in [-0.39, 0.29) is 5.91 Å². The summed E-state index contributed by atoms with van der Waals surface area (Å²) in [6.45, 7) is 5.21. The van der Waals surface area contributed by atoms with Gasteiger partial charge in [0.15, 0.2) is 0 Å². The van der Waals surface area contributed by atoms with Crippen LogP contribution in [0.15, 0.2) is 24.3 Å². The fourth-order valence-corrected chi connectivity index (χ4v) is 4.74. The van der Waals surface area contributed by atoms with Gasteiger partial charge in [-0.1, -0.05) is 31.4 Å². The molecular weight excluding hydrogens is 374 g/mol. The number of fused-ring (bicyclic) bond motifs is 1. The molecule has 0 N–H and O–H groups in total. The second-order valence-corrected chi connectivity index (χ2v) is 8.81. The third kappa shape index (κ3) is 4.13. The third-order valence-corrected chi connectivity index (χ3v) is 6.76. The second kappa shape index (κ2) is 8.62. The summed E-state index contributed by atoms with van der Waals surface area (Å²) in [6, 6.07) is 8.15. The number of aromatic nitrogens is 4.